The molecule has 18 heavy (non-hydrogen) atoms. The molecule has 0 spiro atoms. The molecule has 96 valence electrons. The predicted octanol–water partition coefficient (Wildman–Crippen LogP) is 4.02. The number of hydrogen-bond donors (Lipinski definition) is 1. The Morgan fingerprint density at radius 3 is 2.50 bits per heavy atom. The Morgan fingerprint density at radius 2 is 1.94 bits per heavy atom. The lowest BCUT2D eigenvalue weighted by Crippen LogP contribution is -2.17. The van der Waals surface area contributed by atoms with Crippen LogP contribution in [0.3, 0.4) is 0 Å². The van der Waals surface area contributed by atoms with Crippen LogP contribution in [0.2, 0.25) is 10.0 Å². The lowest BCUT2D eigenvalue weighted by atomic mass is 10.0. The van der Waals surface area contributed by atoms with E-state index in [-0.39, 0.29) is 6.04 Å². The summed E-state index contributed by atoms with van der Waals surface area (Å²) in [5.41, 5.74) is 8.04. The maximum atomic E-state index is 6.27. The van der Waals surface area contributed by atoms with Gasteiger partial charge in [-0.25, -0.2) is 0 Å². The third-order valence-electron chi connectivity index (χ3n) is 2.67. The van der Waals surface area contributed by atoms with E-state index in [1.165, 1.54) is 0 Å². The third kappa shape index (κ3) is 2.72. The number of hydrogen-bond acceptors (Lipinski definition) is 2. The van der Waals surface area contributed by atoms with Crippen molar-refractivity contribution in [1.82, 2.24) is 9.78 Å². The molecule has 6 heteroatoms. The van der Waals surface area contributed by atoms with Crippen LogP contribution < -0.4 is 5.73 Å². The normalized spacial score (nSPS) is 12.7. The fraction of sp³-hybridized carbons (Fsp3) is 0.250. The summed E-state index contributed by atoms with van der Waals surface area (Å²) in [5.74, 6) is 0. The molecule has 0 fully saturated rings. The van der Waals surface area contributed by atoms with Crippen LogP contribution in [0.4, 0.5) is 0 Å². The Kier molecular flexibility index (Phi) is 4.33. The Morgan fingerprint density at radius 1 is 1.33 bits per heavy atom. The third-order valence-corrected chi connectivity index (χ3v) is 3.72. The van der Waals surface area contributed by atoms with Crippen molar-refractivity contribution in [3.63, 3.8) is 0 Å². The molecule has 0 bridgehead atoms. The number of nitrogens with two attached hydrogens (primary N) is 1. The van der Waals surface area contributed by atoms with Gasteiger partial charge in [0.25, 0.3) is 0 Å². The zero-order valence-corrected chi connectivity index (χ0v) is 12.8. The van der Waals surface area contributed by atoms with E-state index < -0.39 is 0 Å². The van der Waals surface area contributed by atoms with Gasteiger partial charge in [0, 0.05) is 16.6 Å². The highest BCUT2D eigenvalue weighted by Gasteiger charge is 2.18. The molecule has 2 N–H and O–H groups in total. The minimum absolute atomic E-state index is 0.321. The van der Waals surface area contributed by atoms with Crippen LogP contribution in [0, 0.1) is 0 Å². The molecule has 0 aliphatic rings. The summed E-state index contributed by atoms with van der Waals surface area (Å²) in [5, 5.41) is 5.40. The Balaban J connectivity index is 2.47. The second-order valence-corrected chi connectivity index (χ2v) is 5.60. The van der Waals surface area contributed by atoms with Crippen LogP contribution in [0.1, 0.15) is 24.2 Å². The van der Waals surface area contributed by atoms with Crippen LogP contribution in [-0.4, -0.2) is 9.78 Å². The Bertz CT molecular complexity index is 548. The second-order valence-electron chi connectivity index (χ2n) is 3.87. The quantitative estimate of drug-likeness (QED) is 0.910. The summed E-state index contributed by atoms with van der Waals surface area (Å²) < 4.78 is 2.73. The zero-order chi connectivity index (χ0) is 13.3. The predicted molar refractivity (Wildman–Crippen MR) is 78.1 cm³/mol. The number of nitrogens with zero attached hydrogens (tertiary/aromatic N) is 2. The van der Waals surface area contributed by atoms with Gasteiger partial charge in [-0.05, 0) is 46.6 Å². The van der Waals surface area contributed by atoms with Crippen LogP contribution in [0.25, 0.3) is 0 Å². The molecule has 2 aromatic rings. The first-order valence-corrected chi connectivity index (χ1v) is 7.00. The molecule has 0 radical (unpaired) electrons. The van der Waals surface area contributed by atoms with Gasteiger partial charge in [-0.1, -0.05) is 23.2 Å². The molecule has 0 aliphatic heterocycles. The molecule has 2 rings (SSSR count). The van der Waals surface area contributed by atoms with E-state index in [1.807, 2.05) is 23.7 Å². The number of rotatable bonds is 3. The second kappa shape index (κ2) is 5.61. The van der Waals surface area contributed by atoms with E-state index in [0.29, 0.717) is 10.0 Å². The summed E-state index contributed by atoms with van der Waals surface area (Å²) in [6, 6.07) is 5.00. The van der Waals surface area contributed by atoms with Gasteiger partial charge < -0.3 is 5.73 Å². The fourth-order valence-electron chi connectivity index (χ4n) is 1.85. The van der Waals surface area contributed by atoms with E-state index in [9.17, 15) is 0 Å². The highest BCUT2D eigenvalue weighted by Crippen LogP contribution is 2.30. The molecule has 3 nitrogen and oxygen atoms in total. The molecule has 0 amide bonds. The molecule has 0 aliphatic carbocycles. The molecular weight excluding hydrogens is 337 g/mol. The summed E-state index contributed by atoms with van der Waals surface area (Å²) in [6.07, 6.45) is 1.74. The summed E-state index contributed by atoms with van der Waals surface area (Å²) >= 11 is 15.5. The fourth-order valence-corrected chi connectivity index (χ4v) is 2.93. The van der Waals surface area contributed by atoms with Crippen molar-refractivity contribution in [2.75, 3.05) is 0 Å². The summed E-state index contributed by atoms with van der Waals surface area (Å²) in [6.45, 7) is 2.77. The SMILES string of the molecule is CCn1ncc(Br)c1C(N)c1cc(Cl)cc(Cl)c1. The zero-order valence-electron chi connectivity index (χ0n) is 9.70. The first kappa shape index (κ1) is 13.9. The molecule has 1 aromatic heterocycles. The molecule has 1 unspecified atom stereocenters. The lowest BCUT2D eigenvalue weighted by molar-refractivity contribution is 0.599. The smallest absolute Gasteiger partial charge is 0.0738 e. The standard InChI is InChI=1S/C12H12BrCl2N3/c1-2-18-12(10(13)6-17-18)11(16)7-3-8(14)5-9(15)4-7/h3-6,11H,2,16H2,1H3. The van der Waals surface area contributed by atoms with Crippen LogP contribution in [0.5, 0.6) is 0 Å². The number of halogens is 3. The Hall–Kier alpha value is -0.550. The minimum Gasteiger partial charge on any atom is -0.319 e. The first-order valence-electron chi connectivity index (χ1n) is 5.45. The van der Waals surface area contributed by atoms with E-state index in [0.717, 1.165) is 22.3 Å². The average Bonchev–Trinajstić information content (AvgIpc) is 2.68. The van der Waals surface area contributed by atoms with Gasteiger partial charge in [0.05, 0.1) is 22.4 Å². The van der Waals surface area contributed by atoms with E-state index in [4.69, 9.17) is 28.9 Å². The van der Waals surface area contributed by atoms with Gasteiger partial charge in [0.1, 0.15) is 0 Å². The monoisotopic (exact) mass is 347 g/mol. The van der Waals surface area contributed by atoms with Crippen molar-refractivity contribution >= 4 is 39.1 Å². The van der Waals surface area contributed by atoms with Gasteiger partial charge in [-0.15, -0.1) is 0 Å². The molecular formula is C12H12BrCl2N3. The molecule has 1 aromatic carbocycles. The number of aryl methyl sites for hydroxylation is 1. The molecule has 1 atom stereocenters. The van der Waals surface area contributed by atoms with E-state index >= 15 is 0 Å². The van der Waals surface area contributed by atoms with E-state index in [1.54, 1.807) is 12.3 Å². The molecule has 0 saturated heterocycles. The van der Waals surface area contributed by atoms with Crippen molar-refractivity contribution in [2.45, 2.75) is 19.5 Å². The molecule has 0 saturated carbocycles. The number of aromatic nitrogens is 2. The average molecular weight is 349 g/mol. The van der Waals surface area contributed by atoms with Gasteiger partial charge in [0.2, 0.25) is 0 Å². The van der Waals surface area contributed by atoms with Crippen LogP contribution >= 0.6 is 39.1 Å². The maximum Gasteiger partial charge on any atom is 0.0738 e. The highest BCUT2D eigenvalue weighted by molar-refractivity contribution is 9.10. The molecule has 1 heterocycles. The first-order chi connectivity index (χ1) is 8.52. The minimum atomic E-state index is -0.321. The van der Waals surface area contributed by atoms with Gasteiger partial charge in [0.15, 0.2) is 0 Å². The van der Waals surface area contributed by atoms with Crippen molar-refractivity contribution in [2.24, 2.45) is 5.73 Å². The summed E-state index contributed by atoms with van der Waals surface area (Å²) in [7, 11) is 0. The topological polar surface area (TPSA) is 43.8 Å². The van der Waals surface area contributed by atoms with Crippen molar-refractivity contribution in [1.29, 1.82) is 0 Å². The van der Waals surface area contributed by atoms with E-state index in [2.05, 4.69) is 21.0 Å². The van der Waals surface area contributed by atoms with Crippen LogP contribution in [-0.2, 0) is 6.54 Å². The van der Waals surface area contributed by atoms with Crippen molar-refractivity contribution in [3.05, 3.63) is 50.2 Å². The summed E-state index contributed by atoms with van der Waals surface area (Å²) in [4.78, 5) is 0. The Labute approximate surface area is 124 Å². The van der Waals surface area contributed by atoms with Gasteiger partial charge >= 0.3 is 0 Å². The van der Waals surface area contributed by atoms with Crippen molar-refractivity contribution < 1.29 is 0 Å². The lowest BCUT2D eigenvalue weighted by Gasteiger charge is -2.15. The van der Waals surface area contributed by atoms with Crippen molar-refractivity contribution in [3.8, 4) is 0 Å². The largest absolute Gasteiger partial charge is 0.319 e. The van der Waals surface area contributed by atoms with Gasteiger partial charge in [-0.3, -0.25) is 4.68 Å². The van der Waals surface area contributed by atoms with Crippen LogP contribution in [0.15, 0.2) is 28.9 Å². The van der Waals surface area contributed by atoms with Gasteiger partial charge in [-0.2, -0.15) is 5.10 Å². The maximum absolute atomic E-state index is 6.27. The highest BCUT2D eigenvalue weighted by atomic mass is 79.9. The number of benzene rings is 1.